The molecule has 1 nitrogen and oxygen atoms in total. The zero-order chi connectivity index (χ0) is 5.98. The Labute approximate surface area is 81.3 Å². The van der Waals surface area contributed by atoms with Crippen molar-refractivity contribution in [2.24, 2.45) is 7.05 Å². The zero-order valence-electron chi connectivity index (χ0n) is 5.89. The van der Waals surface area contributed by atoms with Crippen molar-refractivity contribution in [1.29, 1.82) is 0 Å². The van der Waals surface area contributed by atoms with Crippen LogP contribution in [0.15, 0.2) is 12.3 Å². The van der Waals surface area contributed by atoms with Gasteiger partial charge in [-0.05, 0) is 7.05 Å². The van der Waals surface area contributed by atoms with Gasteiger partial charge in [0.15, 0.2) is 0 Å². The fourth-order valence-corrected chi connectivity index (χ4v) is 0.781. The summed E-state index contributed by atoms with van der Waals surface area (Å²) in [5, 5.41) is 0. The maximum Gasteiger partial charge on any atom is 0 e. The maximum absolute atomic E-state index is 3.01. The second kappa shape index (κ2) is 4.24. The van der Waals surface area contributed by atoms with Crippen molar-refractivity contribution >= 4 is 0 Å². The van der Waals surface area contributed by atoms with E-state index in [1.807, 2.05) is 19.3 Å². The molecule has 1 radical (unpaired) electrons. The van der Waals surface area contributed by atoms with Gasteiger partial charge in [-0.25, -0.2) is 12.1 Å². The van der Waals surface area contributed by atoms with E-state index in [-0.39, 0.29) is 32.7 Å². The number of rotatable bonds is 1. The van der Waals surface area contributed by atoms with Crippen molar-refractivity contribution in [3.63, 3.8) is 0 Å². The Balaban J connectivity index is 0.000000640. The van der Waals surface area contributed by atoms with Crippen LogP contribution in [0.4, 0.5) is 0 Å². The summed E-state index contributed by atoms with van der Waals surface area (Å²) in [6.07, 6.45) is 3.04. The summed E-state index contributed by atoms with van der Waals surface area (Å²) in [6.45, 7) is 2.14. The summed E-state index contributed by atoms with van der Waals surface area (Å²) in [5.74, 6) is 0. The monoisotopic (exact) mass is 197 g/mol. The maximum atomic E-state index is 3.01. The fraction of sp³-hybridized carbons (Fsp3) is 0.429. The molecule has 0 aliphatic carbocycles. The third-order valence-corrected chi connectivity index (χ3v) is 1.33. The van der Waals surface area contributed by atoms with Gasteiger partial charge in [-0.1, -0.05) is 13.3 Å². The summed E-state index contributed by atoms with van der Waals surface area (Å²) in [5.41, 5.74) is 1.34. The predicted octanol–water partition coefficient (Wildman–Crippen LogP) is 1.39. The molecule has 1 rings (SSSR count). The molecule has 0 fully saturated rings. The summed E-state index contributed by atoms with van der Waals surface area (Å²) < 4.78 is 2.08. The quantitative estimate of drug-likeness (QED) is 0.599. The Kier molecular flexibility index (Phi) is 4.42. The van der Waals surface area contributed by atoms with Crippen molar-refractivity contribution in [1.82, 2.24) is 4.57 Å². The van der Waals surface area contributed by atoms with Gasteiger partial charge in [0.1, 0.15) is 0 Å². The molecule has 47 valence electrons. The number of aromatic nitrogens is 1. The van der Waals surface area contributed by atoms with Crippen LogP contribution in [0.5, 0.6) is 0 Å². The summed E-state index contributed by atoms with van der Waals surface area (Å²) >= 11 is 0. The van der Waals surface area contributed by atoms with E-state index in [1.54, 1.807) is 0 Å². The Hall–Kier alpha value is 0.384. The van der Waals surface area contributed by atoms with Crippen molar-refractivity contribution in [2.75, 3.05) is 0 Å². The average Bonchev–Trinajstić information content (AvgIpc) is 2.14. The van der Waals surface area contributed by atoms with E-state index in [9.17, 15) is 0 Å². The van der Waals surface area contributed by atoms with Crippen LogP contribution in [0.1, 0.15) is 12.6 Å². The molecule has 0 aliphatic rings. The number of hydrogen-bond donors (Lipinski definition) is 0. The van der Waals surface area contributed by atoms with Crippen LogP contribution in [-0.4, -0.2) is 4.57 Å². The van der Waals surface area contributed by atoms with Crippen LogP contribution in [0.3, 0.4) is 0 Å². The SMILES string of the molecule is CCc1c[c-]cn1C.[Y]. The van der Waals surface area contributed by atoms with Gasteiger partial charge in [0.05, 0.1) is 0 Å². The molecule has 1 aromatic heterocycles. The normalized spacial score (nSPS) is 8.67. The van der Waals surface area contributed by atoms with Crippen molar-refractivity contribution in [3.05, 3.63) is 24.0 Å². The Morgan fingerprint density at radius 2 is 2.33 bits per heavy atom. The summed E-state index contributed by atoms with van der Waals surface area (Å²) in [6, 6.07) is 5.03. The summed E-state index contributed by atoms with van der Waals surface area (Å²) in [7, 11) is 2.04. The van der Waals surface area contributed by atoms with Gasteiger partial charge in [-0.3, -0.25) is 0 Å². The summed E-state index contributed by atoms with van der Waals surface area (Å²) in [4.78, 5) is 0. The van der Waals surface area contributed by atoms with Gasteiger partial charge in [0.2, 0.25) is 0 Å². The largest absolute Gasteiger partial charge is 0.448 e. The first kappa shape index (κ1) is 9.38. The third kappa shape index (κ3) is 2.23. The van der Waals surface area contributed by atoms with E-state index < -0.39 is 0 Å². The molecule has 0 N–H and O–H groups in total. The fourth-order valence-electron chi connectivity index (χ4n) is 0.781. The third-order valence-electron chi connectivity index (χ3n) is 1.33. The van der Waals surface area contributed by atoms with E-state index in [0.29, 0.717) is 0 Å². The molecule has 0 saturated heterocycles. The van der Waals surface area contributed by atoms with Gasteiger partial charge in [0, 0.05) is 32.7 Å². The number of hydrogen-bond acceptors (Lipinski definition) is 0. The van der Waals surface area contributed by atoms with E-state index in [0.717, 1.165) is 6.42 Å². The Bertz CT molecular complexity index is 169. The van der Waals surface area contributed by atoms with Crippen LogP contribution in [0, 0.1) is 6.07 Å². The molecule has 1 heterocycles. The van der Waals surface area contributed by atoms with Gasteiger partial charge < -0.3 is 4.57 Å². The molecule has 0 aliphatic heterocycles. The standard InChI is InChI=1S/C7H10N.Y/c1-3-7-5-4-6-8(7)2;/h5-6H,3H2,1-2H3;/q-1;. The van der Waals surface area contributed by atoms with Crippen LogP contribution in [0.25, 0.3) is 0 Å². The Morgan fingerprint density at radius 1 is 1.67 bits per heavy atom. The number of nitrogens with zero attached hydrogens (tertiary/aromatic N) is 1. The first-order chi connectivity index (χ1) is 3.84. The predicted molar refractivity (Wildman–Crippen MR) is 33.6 cm³/mol. The van der Waals surface area contributed by atoms with Crippen molar-refractivity contribution in [3.8, 4) is 0 Å². The molecule has 1 aromatic rings. The molecular weight excluding hydrogens is 187 g/mol. The van der Waals surface area contributed by atoms with E-state index in [1.165, 1.54) is 5.69 Å². The molecule has 0 aromatic carbocycles. The molecule has 0 unspecified atom stereocenters. The molecule has 9 heavy (non-hydrogen) atoms. The van der Waals surface area contributed by atoms with Crippen LogP contribution < -0.4 is 0 Å². The first-order valence-electron chi connectivity index (χ1n) is 2.86. The smallest absolute Gasteiger partial charge is 0 e. The van der Waals surface area contributed by atoms with Crippen LogP contribution in [-0.2, 0) is 46.2 Å². The van der Waals surface area contributed by atoms with E-state index in [2.05, 4.69) is 17.6 Å². The van der Waals surface area contributed by atoms with Gasteiger partial charge in [-0.15, -0.1) is 11.9 Å². The molecule has 0 amide bonds. The Morgan fingerprint density at radius 3 is 2.56 bits per heavy atom. The van der Waals surface area contributed by atoms with E-state index in [4.69, 9.17) is 0 Å². The van der Waals surface area contributed by atoms with Crippen molar-refractivity contribution < 1.29 is 32.7 Å². The van der Waals surface area contributed by atoms with Crippen LogP contribution in [0.2, 0.25) is 0 Å². The zero-order valence-corrected chi connectivity index (χ0v) is 8.72. The minimum absolute atomic E-state index is 0. The molecule has 0 saturated carbocycles. The molecule has 0 atom stereocenters. The second-order valence-electron chi connectivity index (χ2n) is 1.90. The van der Waals surface area contributed by atoms with Gasteiger partial charge in [-0.2, -0.15) is 0 Å². The molecule has 0 spiro atoms. The van der Waals surface area contributed by atoms with E-state index >= 15 is 0 Å². The van der Waals surface area contributed by atoms with Crippen LogP contribution >= 0.6 is 0 Å². The minimum Gasteiger partial charge on any atom is -0.448 e. The average molecular weight is 197 g/mol. The molecule has 0 bridgehead atoms. The topological polar surface area (TPSA) is 4.93 Å². The molecule has 2 heteroatoms. The van der Waals surface area contributed by atoms with Gasteiger partial charge in [0.25, 0.3) is 0 Å². The molecular formula is C7H10NY-. The minimum atomic E-state index is 0. The second-order valence-corrected chi connectivity index (χ2v) is 1.90. The number of aryl methyl sites for hydroxylation is 2. The van der Waals surface area contributed by atoms with Crippen molar-refractivity contribution in [2.45, 2.75) is 13.3 Å². The van der Waals surface area contributed by atoms with Gasteiger partial charge >= 0.3 is 0 Å². The first-order valence-corrected chi connectivity index (χ1v) is 2.86.